The molecule has 1 aromatic rings. The van der Waals surface area contributed by atoms with Crippen molar-refractivity contribution in [3.8, 4) is 0 Å². The van der Waals surface area contributed by atoms with Crippen LogP contribution < -0.4 is 10.6 Å². The van der Waals surface area contributed by atoms with Gasteiger partial charge in [0.25, 0.3) is 0 Å². The summed E-state index contributed by atoms with van der Waals surface area (Å²) in [5.74, 6) is -0.101. The topological polar surface area (TPSA) is 41.1 Å². The highest BCUT2D eigenvalue weighted by atomic mass is 19.1. The number of rotatable bonds is 4. The predicted molar refractivity (Wildman–Crippen MR) is 64.1 cm³/mol. The molecular weight excluding hydrogens is 219 g/mol. The van der Waals surface area contributed by atoms with Crippen molar-refractivity contribution in [2.45, 2.75) is 31.8 Å². The molecule has 0 radical (unpaired) electrons. The van der Waals surface area contributed by atoms with Crippen LogP contribution in [0.15, 0.2) is 24.3 Å². The number of hydrogen-bond donors (Lipinski definition) is 2. The van der Waals surface area contributed by atoms with Crippen molar-refractivity contribution in [2.24, 2.45) is 0 Å². The Morgan fingerprint density at radius 1 is 1.47 bits per heavy atom. The van der Waals surface area contributed by atoms with Crippen molar-refractivity contribution in [1.29, 1.82) is 0 Å². The Kier molecular flexibility index (Phi) is 3.74. The Morgan fingerprint density at radius 2 is 2.18 bits per heavy atom. The summed E-state index contributed by atoms with van der Waals surface area (Å²) in [5.41, 5.74) is 1.10. The van der Waals surface area contributed by atoms with Crippen molar-refractivity contribution in [3.63, 3.8) is 0 Å². The molecule has 1 aliphatic rings. The second-order valence-corrected chi connectivity index (χ2v) is 4.60. The van der Waals surface area contributed by atoms with Gasteiger partial charge in [-0.25, -0.2) is 4.39 Å². The van der Waals surface area contributed by atoms with Gasteiger partial charge in [-0.05, 0) is 31.0 Å². The third-order valence-electron chi connectivity index (χ3n) is 2.95. The van der Waals surface area contributed by atoms with Gasteiger partial charge in [-0.1, -0.05) is 12.1 Å². The molecule has 0 spiro atoms. The highest BCUT2D eigenvalue weighted by Gasteiger charge is 2.22. The van der Waals surface area contributed by atoms with Gasteiger partial charge in [-0.15, -0.1) is 0 Å². The van der Waals surface area contributed by atoms with Gasteiger partial charge in [-0.3, -0.25) is 4.79 Å². The van der Waals surface area contributed by atoms with E-state index >= 15 is 0 Å². The summed E-state index contributed by atoms with van der Waals surface area (Å²) in [7, 11) is 0. The molecule has 1 aliphatic heterocycles. The summed E-state index contributed by atoms with van der Waals surface area (Å²) >= 11 is 0. The smallest absolute Gasteiger partial charge is 0.221 e. The maximum Gasteiger partial charge on any atom is 0.221 e. The van der Waals surface area contributed by atoms with Crippen LogP contribution in [0.3, 0.4) is 0 Å². The minimum absolute atomic E-state index is 0.108. The van der Waals surface area contributed by atoms with Crippen LogP contribution in [0.1, 0.15) is 18.9 Å². The van der Waals surface area contributed by atoms with Gasteiger partial charge < -0.3 is 10.6 Å². The standard InChI is InChI=1S/C13H17FN2O/c1-9(16-12-7-13(17)15-8-12)6-10-2-4-11(14)5-3-10/h2-5,9,12,16H,6-8H2,1H3,(H,15,17). The average molecular weight is 236 g/mol. The number of halogens is 1. The average Bonchev–Trinajstić information content (AvgIpc) is 2.67. The summed E-state index contributed by atoms with van der Waals surface area (Å²) in [6.45, 7) is 2.78. The number of hydrogen-bond acceptors (Lipinski definition) is 2. The van der Waals surface area contributed by atoms with Crippen LogP contribution >= 0.6 is 0 Å². The van der Waals surface area contributed by atoms with Crippen molar-refractivity contribution in [1.82, 2.24) is 10.6 Å². The van der Waals surface area contributed by atoms with Gasteiger partial charge in [-0.2, -0.15) is 0 Å². The van der Waals surface area contributed by atoms with Crippen molar-refractivity contribution < 1.29 is 9.18 Å². The third-order valence-corrected chi connectivity index (χ3v) is 2.95. The molecule has 92 valence electrons. The molecule has 0 bridgehead atoms. The van der Waals surface area contributed by atoms with E-state index in [9.17, 15) is 9.18 Å². The maximum absolute atomic E-state index is 12.7. The zero-order valence-corrected chi connectivity index (χ0v) is 9.87. The lowest BCUT2D eigenvalue weighted by Gasteiger charge is -2.18. The van der Waals surface area contributed by atoms with Gasteiger partial charge in [0.15, 0.2) is 0 Å². The Bertz CT molecular complexity index is 391. The summed E-state index contributed by atoms with van der Waals surface area (Å²) < 4.78 is 12.7. The van der Waals surface area contributed by atoms with Crippen molar-refractivity contribution in [2.75, 3.05) is 6.54 Å². The fourth-order valence-electron chi connectivity index (χ4n) is 2.16. The highest BCUT2D eigenvalue weighted by molar-refractivity contribution is 5.78. The van der Waals surface area contributed by atoms with Crippen LogP contribution in [-0.2, 0) is 11.2 Å². The van der Waals surface area contributed by atoms with Gasteiger partial charge in [0.2, 0.25) is 5.91 Å². The lowest BCUT2D eigenvalue weighted by atomic mass is 10.1. The molecule has 1 fully saturated rings. The maximum atomic E-state index is 12.7. The molecule has 1 heterocycles. The molecule has 2 N–H and O–H groups in total. The van der Waals surface area contributed by atoms with E-state index in [1.165, 1.54) is 12.1 Å². The monoisotopic (exact) mass is 236 g/mol. The fourth-order valence-corrected chi connectivity index (χ4v) is 2.16. The van der Waals surface area contributed by atoms with E-state index in [0.717, 1.165) is 12.0 Å². The van der Waals surface area contributed by atoms with Gasteiger partial charge >= 0.3 is 0 Å². The predicted octanol–water partition coefficient (Wildman–Crippen LogP) is 1.23. The van der Waals surface area contributed by atoms with E-state index in [1.54, 1.807) is 12.1 Å². The minimum Gasteiger partial charge on any atom is -0.354 e. The Balaban J connectivity index is 1.82. The van der Waals surface area contributed by atoms with E-state index in [4.69, 9.17) is 0 Å². The quantitative estimate of drug-likeness (QED) is 0.825. The first-order chi connectivity index (χ1) is 8.13. The van der Waals surface area contributed by atoms with Crippen LogP contribution in [0.25, 0.3) is 0 Å². The lowest BCUT2D eigenvalue weighted by molar-refractivity contribution is -0.119. The highest BCUT2D eigenvalue weighted by Crippen LogP contribution is 2.07. The number of nitrogens with one attached hydrogen (secondary N) is 2. The summed E-state index contributed by atoms with van der Waals surface area (Å²) in [6, 6.07) is 7.04. The normalized spacial score (nSPS) is 21.3. The number of carbonyl (C=O) groups excluding carboxylic acids is 1. The Morgan fingerprint density at radius 3 is 2.76 bits per heavy atom. The molecule has 0 saturated carbocycles. The first-order valence-electron chi connectivity index (χ1n) is 5.90. The van der Waals surface area contributed by atoms with E-state index in [-0.39, 0.29) is 23.8 Å². The Labute approximate surface area is 100 Å². The first-order valence-corrected chi connectivity index (χ1v) is 5.90. The largest absolute Gasteiger partial charge is 0.354 e. The van der Waals surface area contributed by atoms with E-state index < -0.39 is 0 Å². The number of amides is 1. The molecule has 1 amide bonds. The second-order valence-electron chi connectivity index (χ2n) is 4.60. The molecule has 2 atom stereocenters. The molecule has 4 heteroatoms. The number of carbonyl (C=O) groups is 1. The van der Waals surface area contributed by atoms with Gasteiger partial charge in [0, 0.05) is 25.0 Å². The Hall–Kier alpha value is -1.42. The first kappa shape index (κ1) is 12.0. The molecule has 0 aromatic heterocycles. The molecular formula is C13H17FN2O. The van der Waals surface area contributed by atoms with E-state index in [1.807, 2.05) is 0 Å². The summed E-state index contributed by atoms with van der Waals surface area (Å²) in [6.07, 6.45) is 1.39. The van der Waals surface area contributed by atoms with Crippen LogP contribution in [0.5, 0.6) is 0 Å². The van der Waals surface area contributed by atoms with Crippen molar-refractivity contribution >= 4 is 5.91 Å². The van der Waals surface area contributed by atoms with Crippen LogP contribution in [0.4, 0.5) is 4.39 Å². The molecule has 2 unspecified atom stereocenters. The minimum atomic E-state index is -0.208. The fraction of sp³-hybridized carbons (Fsp3) is 0.462. The van der Waals surface area contributed by atoms with Gasteiger partial charge in [0.1, 0.15) is 5.82 Å². The SMILES string of the molecule is CC(Cc1ccc(F)cc1)NC1CNC(=O)C1. The zero-order valence-electron chi connectivity index (χ0n) is 9.87. The molecule has 3 nitrogen and oxygen atoms in total. The molecule has 1 saturated heterocycles. The van der Waals surface area contributed by atoms with Crippen LogP contribution in [0, 0.1) is 5.82 Å². The van der Waals surface area contributed by atoms with Crippen LogP contribution in [-0.4, -0.2) is 24.5 Å². The van der Waals surface area contributed by atoms with E-state index in [2.05, 4.69) is 17.6 Å². The van der Waals surface area contributed by atoms with Gasteiger partial charge in [0.05, 0.1) is 0 Å². The van der Waals surface area contributed by atoms with E-state index in [0.29, 0.717) is 13.0 Å². The molecule has 1 aromatic carbocycles. The lowest BCUT2D eigenvalue weighted by Crippen LogP contribution is -2.38. The zero-order chi connectivity index (χ0) is 12.3. The molecule has 0 aliphatic carbocycles. The number of benzene rings is 1. The van der Waals surface area contributed by atoms with Crippen LogP contribution in [0.2, 0.25) is 0 Å². The van der Waals surface area contributed by atoms with Crippen molar-refractivity contribution in [3.05, 3.63) is 35.6 Å². The summed E-state index contributed by atoms with van der Waals surface area (Å²) in [4.78, 5) is 11.0. The summed E-state index contributed by atoms with van der Waals surface area (Å²) in [5, 5.41) is 6.19. The molecule has 2 rings (SSSR count). The third kappa shape index (κ3) is 3.53. The molecule has 17 heavy (non-hydrogen) atoms. The second kappa shape index (κ2) is 5.27.